The Morgan fingerprint density at radius 1 is 1.64 bits per heavy atom. The lowest BCUT2D eigenvalue weighted by molar-refractivity contribution is -0.952. The van der Waals surface area contributed by atoms with Crippen LogP contribution in [0.2, 0.25) is 0 Å². The highest BCUT2D eigenvalue weighted by Gasteiger charge is 2.34. The van der Waals surface area contributed by atoms with Crippen molar-refractivity contribution in [1.82, 2.24) is 0 Å². The number of carboxylic acids is 1. The standard InChI is InChI=1S/C8H11NO2/c1-2-4-9(5-3-6-9)7-8(10)11/h1H,3-7H2. The molecule has 1 rings (SSSR count). The molecule has 0 aromatic carbocycles. The third-order valence-electron chi connectivity index (χ3n) is 2.16. The van der Waals surface area contributed by atoms with Gasteiger partial charge in [-0.1, -0.05) is 0 Å². The topological polar surface area (TPSA) is 40.1 Å². The molecule has 0 N–H and O–H groups in total. The summed E-state index contributed by atoms with van der Waals surface area (Å²) < 4.78 is 0.527. The molecule has 1 aliphatic heterocycles. The number of carboxylic acid groups (broad SMARTS) is 1. The van der Waals surface area contributed by atoms with E-state index in [1.165, 1.54) is 0 Å². The van der Waals surface area contributed by atoms with Gasteiger partial charge in [0.2, 0.25) is 0 Å². The van der Waals surface area contributed by atoms with E-state index in [-0.39, 0.29) is 6.54 Å². The van der Waals surface area contributed by atoms with Gasteiger partial charge in [0.15, 0.2) is 0 Å². The fraction of sp³-hybridized carbons (Fsp3) is 0.625. The molecule has 11 heavy (non-hydrogen) atoms. The first-order valence-corrected chi connectivity index (χ1v) is 3.67. The number of hydrogen-bond donors (Lipinski definition) is 0. The lowest BCUT2D eigenvalue weighted by atomic mass is 10.1. The quantitative estimate of drug-likeness (QED) is 0.369. The fourth-order valence-corrected chi connectivity index (χ4v) is 1.44. The fourth-order valence-electron chi connectivity index (χ4n) is 1.44. The van der Waals surface area contributed by atoms with Crippen LogP contribution in [0.1, 0.15) is 6.42 Å². The van der Waals surface area contributed by atoms with Gasteiger partial charge in [-0.25, -0.2) is 0 Å². The molecule has 1 heterocycles. The summed E-state index contributed by atoms with van der Waals surface area (Å²) in [6.45, 7) is 2.37. The number of hydrogen-bond acceptors (Lipinski definition) is 2. The lowest BCUT2D eigenvalue weighted by Gasteiger charge is -2.44. The second-order valence-corrected chi connectivity index (χ2v) is 3.03. The zero-order valence-electron chi connectivity index (χ0n) is 6.38. The maximum Gasteiger partial charge on any atom is 0.140 e. The highest BCUT2D eigenvalue weighted by molar-refractivity contribution is 5.65. The van der Waals surface area contributed by atoms with Crippen molar-refractivity contribution in [2.24, 2.45) is 0 Å². The van der Waals surface area contributed by atoms with Gasteiger partial charge in [0.25, 0.3) is 0 Å². The Balaban J connectivity index is 2.48. The third-order valence-corrected chi connectivity index (χ3v) is 2.16. The van der Waals surface area contributed by atoms with E-state index in [2.05, 4.69) is 5.92 Å². The van der Waals surface area contributed by atoms with Gasteiger partial charge >= 0.3 is 0 Å². The van der Waals surface area contributed by atoms with E-state index >= 15 is 0 Å². The Kier molecular flexibility index (Phi) is 2.16. The Hall–Kier alpha value is -1.01. The van der Waals surface area contributed by atoms with E-state index in [0.29, 0.717) is 11.0 Å². The molecular weight excluding hydrogens is 142 g/mol. The third kappa shape index (κ3) is 1.72. The highest BCUT2D eigenvalue weighted by atomic mass is 16.4. The van der Waals surface area contributed by atoms with Crippen LogP contribution in [0.3, 0.4) is 0 Å². The smallest absolute Gasteiger partial charge is 0.140 e. The first-order valence-electron chi connectivity index (χ1n) is 3.67. The van der Waals surface area contributed by atoms with Crippen LogP contribution in [-0.2, 0) is 4.79 Å². The van der Waals surface area contributed by atoms with E-state index < -0.39 is 5.97 Å². The molecule has 0 radical (unpaired) electrons. The van der Waals surface area contributed by atoms with Crippen molar-refractivity contribution in [2.45, 2.75) is 6.42 Å². The second kappa shape index (κ2) is 2.93. The van der Waals surface area contributed by atoms with Gasteiger partial charge in [0.05, 0.1) is 19.1 Å². The first-order chi connectivity index (χ1) is 5.18. The van der Waals surface area contributed by atoms with Crippen molar-refractivity contribution >= 4 is 5.97 Å². The number of rotatable bonds is 3. The molecule has 3 nitrogen and oxygen atoms in total. The molecular formula is C8H11NO2. The molecule has 0 bridgehead atoms. The van der Waals surface area contributed by atoms with Gasteiger partial charge in [-0.3, -0.25) is 0 Å². The summed E-state index contributed by atoms with van der Waals surface area (Å²) in [6.07, 6.45) is 6.20. The van der Waals surface area contributed by atoms with Crippen LogP contribution in [0.25, 0.3) is 0 Å². The van der Waals surface area contributed by atoms with Gasteiger partial charge in [0, 0.05) is 6.42 Å². The zero-order chi connectivity index (χ0) is 8.32. The summed E-state index contributed by atoms with van der Waals surface area (Å²) in [5.41, 5.74) is 0. The predicted molar refractivity (Wildman–Crippen MR) is 38.2 cm³/mol. The molecule has 0 saturated carbocycles. The summed E-state index contributed by atoms with van der Waals surface area (Å²) in [6, 6.07) is 0. The molecule has 3 heteroatoms. The summed E-state index contributed by atoms with van der Waals surface area (Å²) in [4.78, 5) is 10.3. The molecule has 0 spiro atoms. The summed E-state index contributed by atoms with van der Waals surface area (Å²) in [7, 11) is 0. The lowest BCUT2D eigenvalue weighted by Crippen LogP contribution is -2.62. The Bertz CT molecular complexity index is 201. The van der Waals surface area contributed by atoms with Crippen LogP contribution in [-0.4, -0.2) is 36.6 Å². The summed E-state index contributed by atoms with van der Waals surface area (Å²) in [5, 5.41) is 10.3. The number of likely N-dealkylation sites (tertiary alicyclic amines) is 1. The minimum atomic E-state index is -1.00. The largest absolute Gasteiger partial charge is 0.544 e. The van der Waals surface area contributed by atoms with Crippen molar-refractivity contribution in [1.29, 1.82) is 0 Å². The molecule has 0 atom stereocenters. The predicted octanol–water partition coefficient (Wildman–Crippen LogP) is -1.41. The number of carbonyl (C=O) groups excluding carboxylic acids is 1. The van der Waals surface area contributed by atoms with Gasteiger partial charge in [-0.15, -0.1) is 6.42 Å². The normalized spacial score (nSPS) is 19.9. The van der Waals surface area contributed by atoms with E-state index in [4.69, 9.17) is 6.42 Å². The molecule has 0 amide bonds. The van der Waals surface area contributed by atoms with Crippen molar-refractivity contribution in [2.75, 3.05) is 26.2 Å². The van der Waals surface area contributed by atoms with Crippen molar-refractivity contribution in [3.05, 3.63) is 0 Å². The minimum Gasteiger partial charge on any atom is -0.544 e. The Morgan fingerprint density at radius 2 is 2.27 bits per heavy atom. The average molecular weight is 153 g/mol. The molecule has 0 aromatic rings. The summed E-state index contributed by atoms with van der Waals surface area (Å²) in [5.74, 6) is 1.50. The molecule has 1 fully saturated rings. The molecule has 0 aliphatic carbocycles. The number of nitrogens with zero attached hydrogens (tertiary/aromatic N) is 1. The van der Waals surface area contributed by atoms with Crippen LogP contribution in [0, 0.1) is 12.3 Å². The number of carbonyl (C=O) groups is 1. The van der Waals surface area contributed by atoms with E-state index in [1.54, 1.807) is 0 Å². The van der Waals surface area contributed by atoms with Crippen molar-refractivity contribution in [3.63, 3.8) is 0 Å². The van der Waals surface area contributed by atoms with Crippen LogP contribution >= 0.6 is 0 Å². The van der Waals surface area contributed by atoms with Gasteiger partial charge in [0.1, 0.15) is 13.1 Å². The second-order valence-electron chi connectivity index (χ2n) is 3.03. The number of quaternary nitrogens is 1. The van der Waals surface area contributed by atoms with Gasteiger partial charge < -0.3 is 14.4 Å². The first kappa shape index (κ1) is 8.09. The van der Waals surface area contributed by atoms with Crippen molar-refractivity contribution in [3.8, 4) is 12.3 Å². The molecule has 1 saturated heterocycles. The molecule has 0 aromatic heterocycles. The zero-order valence-corrected chi connectivity index (χ0v) is 6.38. The van der Waals surface area contributed by atoms with E-state index in [1.807, 2.05) is 0 Å². The van der Waals surface area contributed by atoms with Crippen LogP contribution in [0.4, 0.5) is 0 Å². The van der Waals surface area contributed by atoms with Crippen LogP contribution in [0.15, 0.2) is 0 Å². The SMILES string of the molecule is C#CC[N+]1(CC(=O)[O-])CCC1. The summed E-state index contributed by atoms with van der Waals surface area (Å²) >= 11 is 0. The van der Waals surface area contributed by atoms with E-state index in [9.17, 15) is 9.90 Å². The monoisotopic (exact) mass is 153 g/mol. The van der Waals surface area contributed by atoms with Crippen LogP contribution in [0.5, 0.6) is 0 Å². The highest BCUT2D eigenvalue weighted by Crippen LogP contribution is 2.18. The van der Waals surface area contributed by atoms with Gasteiger partial charge in [-0.2, -0.15) is 0 Å². The molecule has 60 valence electrons. The van der Waals surface area contributed by atoms with Gasteiger partial charge in [-0.05, 0) is 5.92 Å². The maximum absolute atomic E-state index is 10.3. The van der Waals surface area contributed by atoms with Crippen molar-refractivity contribution < 1.29 is 14.4 Å². The van der Waals surface area contributed by atoms with E-state index in [0.717, 1.165) is 19.5 Å². The maximum atomic E-state index is 10.3. The Morgan fingerprint density at radius 3 is 2.55 bits per heavy atom. The Labute approximate surface area is 66.2 Å². The molecule has 1 aliphatic rings. The molecule has 0 unspecified atom stereocenters. The van der Waals surface area contributed by atoms with Crippen LogP contribution < -0.4 is 5.11 Å². The minimum absolute atomic E-state index is 0.0736. The number of terminal acetylenes is 1. The average Bonchev–Trinajstić information content (AvgIpc) is 1.82. The number of aliphatic carboxylic acids is 1.